The van der Waals surface area contributed by atoms with Crippen LogP contribution >= 0.6 is 0 Å². The van der Waals surface area contributed by atoms with Gasteiger partial charge in [0, 0.05) is 17.5 Å². The van der Waals surface area contributed by atoms with Crippen molar-refractivity contribution >= 4 is 16.9 Å². The van der Waals surface area contributed by atoms with Crippen LogP contribution < -0.4 is 5.32 Å². The lowest BCUT2D eigenvalue weighted by Gasteiger charge is -2.05. The summed E-state index contributed by atoms with van der Waals surface area (Å²) in [5.74, 6) is 0.00602. The number of amides is 1. The molecule has 0 aliphatic rings. The molecule has 118 valence electrons. The van der Waals surface area contributed by atoms with Crippen molar-refractivity contribution in [3.8, 4) is 0 Å². The second-order valence-corrected chi connectivity index (χ2v) is 6.13. The fourth-order valence-corrected chi connectivity index (χ4v) is 2.62. The maximum atomic E-state index is 12.2. The third kappa shape index (κ3) is 3.45. The van der Waals surface area contributed by atoms with E-state index in [9.17, 15) is 4.79 Å². The van der Waals surface area contributed by atoms with E-state index in [-0.39, 0.29) is 5.91 Å². The first-order valence-corrected chi connectivity index (χ1v) is 7.82. The van der Waals surface area contributed by atoms with Gasteiger partial charge in [0.05, 0.1) is 12.7 Å². The summed E-state index contributed by atoms with van der Waals surface area (Å²) >= 11 is 0. The van der Waals surface area contributed by atoms with E-state index in [4.69, 9.17) is 4.42 Å². The molecular weight excluding hydrogens is 286 g/mol. The number of furan rings is 1. The van der Waals surface area contributed by atoms with Gasteiger partial charge in [0.25, 0.3) is 0 Å². The molecule has 1 amide bonds. The van der Waals surface area contributed by atoms with E-state index in [0.29, 0.717) is 13.0 Å². The van der Waals surface area contributed by atoms with Crippen LogP contribution in [0.4, 0.5) is 0 Å². The SMILES string of the molecule is Cc1ccc(CNC(=O)Cc2coc3cc(C)c(C)cc23)cc1. The van der Waals surface area contributed by atoms with Gasteiger partial charge >= 0.3 is 0 Å². The first-order valence-electron chi connectivity index (χ1n) is 7.82. The van der Waals surface area contributed by atoms with Gasteiger partial charge in [-0.1, -0.05) is 29.8 Å². The summed E-state index contributed by atoms with van der Waals surface area (Å²) in [5, 5.41) is 3.99. The maximum Gasteiger partial charge on any atom is 0.224 e. The molecule has 1 aromatic heterocycles. The molecule has 3 heteroatoms. The van der Waals surface area contributed by atoms with Gasteiger partial charge in [-0.3, -0.25) is 4.79 Å². The molecule has 0 fully saturated rings. The Morgan fingerprint density at radius 3 is 2.48 bits per heavy atom. The highest BCUT2D eigenvalue weighted by atomic mass is 16.3. The maximum absolute atomic E-state index is 12.2. The minimum Gasteiger partial charge on any atom is -0.464 e. The first-order chi connectivity index (χ1) is 11.0. The van der Waals surface area contributed by atoms with Crippen LogP contribution in [-0.2, 0) is 17.8 Å². The Bertz CT molecular complexity index is 844. The predicted octanol–water partition coefficient (Wildman–Crippen LogP) is 4.22. The lowest BCUT2D eigenvalue weighted by Crippen LogP contribution is -2.24. The van der Waals surface area contributed by atoms with E-state index < -0.39 is 0 Å². The van der Waals surface area contributed by atoms with E-state index >= 15 is 0 Å². The van der Waals surface area contributed by atoms with Gasteiger partial charge in [0.2, 0.25) is 5.91 Å². The Morgan fingerprint density at radius 2 is 1.74 bits per heavy atom. The van der Waals surface area contributed by atoms with E-state index in [1.165, 1.54) is 16.7 Å². The summed E-state index contributed by atoms with van der Waals surface area (Å²) in [6.07, 6.45) is 2.02. The van der Waals surface area contributed by atoms with Crippen molar-refractivity contribution in [3.05, 3.63) is 70.5 Å². The summed E-state index contributed by atoms with van der Waals surface area (Å²) in [4.78, 5) is 12.2. The summed E-state index contributed by atoms with van der Waals surface area (Å²) in [6.45, 7) is 6.73. The Balaban J connectivity index is 1.68. The number of carbonyl (C=O) groups is 1. The largest absolute Gasteiger partial charge is 0.464 e. The van der Waals surface area contributed by atoms with Crippen molar-refractivity contribution in [2.75, 3.05) is 0 Å². The molecule has 0 atom stereocenters. The fourth-order valence-electron chi connectivity index (χ4n) is 2.62. The van der Waals surface area contributed by atoms with Crippen LogP contribution in [0, 0.1) is 20.8 Å². The van der Waals surface area contributed by atoms with Crippen LogP contribution in [-0.4, -0.2) is 5.91 Å². The molecule has 1 N–H and O–H groups in total. The number of fused-ring (bicyclic) bond motifs is 1. The standard InChI is InChI=1S/C20H21NO2/c1-13-4-6-16(7-5-13)11-21-20(22)10-17-12-23-19-9-15(3)14(2)8-18(17)19/h4-9,12H,10-11H2,1-3H3,(H,21,22). The lowest BCUT2D eigenvalue weighted by molar-refractivity contribution is -0.120. The van der Waals surface area contributed by atoms with Crippen molar-refractivity contribution in [2.24, 2.45) is 0 Å². The normalized spacial score (nSPS) is 10.9. The second-order valence-electron chi connectivity index (χ2n) is 6.13. The van der Waals surface area contributed by atoms with Crippen LogP contribution in [0.15, 0.2) is 47.1 Å². The van der Waals surface area contributed by atoms with Gasteiger partial charge in [-0.05, 0) is 49.6 Å². The number of benzene rings is 2. The number of hydrogen-bond donors (Lipinski definition) is 1. The summed E-state index contributed by atoms with van der Waals surface area (Å²) in [7, 11) is 0. The lowest BCUT2D eigenvalue weighted by atomic mass is 10.0. The highest BCUT2D eigenvalue weighted by Gasteiger charge is 2.11. The second kappa shape index (κ2) is 6.29. The molecule has 0 saturated carbocycles. The molecule has 0 spiro atoms. The van der Waals surface area contributed by atoms with Gasteiger partial charge in [-0.25, -0.2) is 0 Å². The van der Waals surface area contributed by atoms with Gasteiger partial charge in [0.15, 0.2) is 0 Å². The van der Waals surface area contributed by atoms with Crippen LogP contribution in [0.3, 0.4) is 0 Å². The predicted molar refractivity (Wildman–Crippen MR) is 92.4 cm³/mol. The molecule has 0 unspecified atom stereocenters. The molecule has 0 saturated heterocycles. The molecule has 0 bridgehead atoms. The molecule has 0 aliphatic heterocycles. The highest BCUT2D eigenvalue weighted by molar-refractivity contribution is 5.88. The van der Waals surface area contributed by atoms with Gasteiger partial charge in [0.1, 0.15) is 5.58 Å². The first kappa shape index (κ1) is 15.3. The Hall–Kier alpha value is -2.55. The molecule has 3 aromatic rings. The summed E-state index contributed by atoms with van der Waals surface area (Å²) in [5.41, 5.74) is 6.50. The van der Waals surface area contributed by atoms with Gasteiger partial charge < -0.3 is 9.73 Å². The summed E-state index contributed by atoms with van der Waals surface area (Å²) in [6, 6.07) is 12.3. The van der Waals surface area contributed by atoms with E-state index in [2.05, 4.69) is 44.3 Å². The quantitative estimate of drug-likeness (QED) is 0.784. The number of aryl methyl sites for hydroxylation is 3. The van der Waals surface area contributed by atoms with Crippen LogP contribution in [0.25, 0.3) is 11.0 Å². The molecule has 1 heterocycles. The minimum atomic E-state index is 0.00602. The van der Waals surface area contributed by atoms with Crippen LogP contribution in [0.1, 0.15) is 27.8 Å². The van der Waals surface area contributed by atoms with Gasteiger partial charge in [-0.15, -0.1) is 0 Å². The van der Waals surface area contributed by atoms with Crippen molar-refractivity contribution in [2.45, 2.75) is 33.7 Å². The average molecular weight is 307 g/mol. The van der Waals surface area contributed by atoms with Crippen LogP contribution in [0.2, 0.25) is 0 Å². The smallest absolute Gasteiger partial charge is 0.224 e. The molecule has 0 radical (unpaired) electrons. The number of carbonyl (C=O) groups excluding carboxylic acids is 1. The molecule has 23 heavy (non-hydrogen) atoms. The van der Waals surface area contributed by atoms with E-state index in [1.54, 1.807) is 6.26 Å². The average Bonchev–Trinajstić information content (AvgIpc) is 2.89. The monoisotopic (exact) mass is 307 g/mol. The molecule has 0 aliphatic carbocycles. The number of nitrogens with one attached hydrogen (secondary N) is 1. The Labute approximate surface area is 136 Å². The van der Waals surface area contributed by atoms with Crippen molar-refractivity contribution < 1.29 is 9.21 Å². The third-order valence-corrected chi connectivity index (χ3v) is 4.23. The van der Waals surface area contributed by atoms with E-state index in [0.717, 1.165) is 22.1 Å². The third-order valence-electron chi connectivity index (χ3n) is 4.23. The highest BCUT2D eigenvalue weighted by Crippen LogP contribution is 2.25. The summed E-state index contributed by atoms with van der Waals surface area (Å²) < 4.78 is 5.58. The van der Waals surface area contributed by atoms with Crippen LogP contribution in [0.5, 0.6) is 0 Å². The zero-order chi connectivity index (χ0) is 16.4. The molecule has 3 nitrogen and oxygen atoms in total. The Morgan fingerprint density at radius 1 is 1.04 bits per heavy atom. The van der Waals surface area contributed by atoms with Crippen molar-refractivity contribution in [1.29, 1.82) is 0 Å². The fraction of sp³-hybridized carbons (Fsp3) is 0.250. The van der Waals surface area contributed by atoms with Gasteiger partial charge in [-0.2, -0.15) is 0 Å². The topological polar surface area (TPSA) is 42.2 Å². The van der Waals surface area contributed by atoms with E-state index in [1.807, 2.05) is 18.2 Å². The molecule has 3 rings (SSSR count). The Kier molecular flexibility index (Phi) is 4.20. The van der Waals surface area contributed by atoms with Crippen molar-refractivity contribution in [3.63, 3.8) is 0 Å². The number of hydrogen-bond acceptors (Lipinski definition) is 2. The zero-order valence-electron chi connectivity index (χ0n) is 13.8. The molecule has 2 aromatic carbocycles. The molecular formula is C20H21NO2. The number of rotatable bonds is 4. The minimum absolute atomic E-state index is 0.00602. The zero-order valence-corrected chi connectivity index (χ0v) is 13.8. The van der Waals surface area contributed by atoms with Crippen molar-refractivity contribution in [1.82, 2.24) is 5.32 Å².